The number of nitrogens with two attached hydrogens (primary N) is 1. The highest BCUT2D eigenvalue weighted by molar-refractivity contribution is 8.00. The van der Waals surface area contributed by atoms with Crippen LogP contribution in [0.2, 0.25) is 0 Å². The number of nitrogen functional groups attached to an aromatic ring is 1. The molecular formula is C17H20N2OS. The minimum absolute atomic E-state index is 0.0167. The summed E-state index contributed by atoms with van der Waals surface area (Å²) in [6, 6.07) is 13.5. The number of para-hydroxylation sites is 1. The molecule has 0 heterocycles. The monoisotopic (exact) mass is 300 g/mol. The van der Waals surface area contributed by atoms with Gasteiger partial charge in [0.25, 0.3) is 0 Å². The minimum atomic E-state index is -0.213. The Bertz CT molecular complexity index is 655. The van der Waals surface area contributed by atoms with Gasteiger partial charge in [-0.2, -0.15) is 0 Å². The van der Waals surface area contributed by atoms with Crippen LogP contribution in [0.15, 0.2) is 47.4 Å². The Labute approximate surface area is 129 Å². The van der Waals surface area contributed by atoms with Gasteiger partial charge in [0.2, 0.25) is 5.91 Å². The Kier molecular flexibility index (Phi) is 4.91. The highest BCUT2D eigenvalue weighted by atomic mass is 32.2. The maximum Gasteiger partial charge on any atom is 0.237 e. The second kappa shape index (κ2) is 6.68. The molecule has 0 spiro atoms. The molecule has 0 saturated carbocycles. The number of carbonyl (C=O) groups excluding carboxylic acids is 1. The lowest BCUT2D eigenvalue weighted by Crippen LogP contribution is -2.23. The molecule has 0 saturated heterocycles. The van der Waals surface area contributed by atoms with Gasteiger partial charge in [0.15, 0.2) is 0 Å². The van der Waals surface area contributed by atoms with Gasteiger partial charge in [-0.15, -0.1) is 11.8 Å². The molecule has 0 aromatic heterocycles. The molecule has 0 fully saturated rings. The van der Waals surface area contributed by atoms with Crippen LogP contribution in [0.4, 0.5) is 11.4 Å². The lowest BCUT2D eigenvalue weighted by Gasteiger charge is -2.15. The molecule has 1 atom stereocenters. The molecule has 21 heavy (non-hydrogen) atoms. The number of aryl methyl sites for hydroxylation is 1. The normalized spacial score (nSPS) is 12.0. The lowest BCUT2D eigenvalue weighted by molar-refractivity contribution is -0.115. The van der Waals surface area contributed by atoms with Crippen LogP contribution in [0.5, 0.6) is 0 Å². The van der Waals surface area contributed by atoms with Crippen molar-refractivity contribution in [2.24, 2.45) is 0 Å². The molecule has 0 aliphatic heterocycles. The van der Waals surface area contributed by atoms with Gasteiger partial charge in [-0.25, -0.2) is 0 Å². The molecule has 2 rings (SSSR count). The standard InChI is InChI=1S/C17H20N2OS/c1-11-7-6-9-15(12(11)2)19-17(20)13(3)21-16-10-5-4-8-14(16)18/h4-10,13H,18H2,1-3H3,(H,19,20). The first-order valence-corrected chi connectivity index (χ1v) is 7.75. The van der Waals surface area contributed by atoms with Crippen molar-refractivity contribution < 1.29 is 4.79 Å². The molecule has 0 bridgehead atoms. The molecule has 4 heteroatoms. The number of amides is 1. The van der Waals surface area contributed by atoms with E-state index in [-0.39, 0.29) is 11.2 Å². The van der Waals surface area contributed by atoms with Crippen LogP contribution in [0.3, 0.4) is 0 Å². The Morgan fingerprint density at radius 2 is 1.86 bits per heavy atom. The highest BCUT2D eigenvalue weighted by Crippen LogP contribution is 2.29. The summed E-state index contributed by atoms with van der Waals surface area (Å²) in [7, 11) is 0. The fourth-order valence-corrected chi connectivity index (χ4v) is 2.86. The molecule has 0 aliphatic rings. The molecule has 0 radical (unpaired) electrons. The highest BCUT2D eigenvalue weighted by Gasteiger charge is 2.16. The minimum Gasteiger partial charge on any atom is -0.398 e. The molecule has 1 unspecified atom stereocenters. The molecule has 110 valence electrons. The average molecular weight is 300 g/mol. The van der Waals surface area contributed by atoms with Crippen molar-refractivity contribution in [1.29, 1.82) is 0 Å². The summed E-state index contributed by atoms with van der Waals surface area (Å²) >= 11 is 1.47. The predicted octanol–water partition coefficient (Wildman–Crippen LogP) is 4.00. The van der Waals surface area contributed by atoms with Crippen molar-refractivity contribution in [2.75, 3.05) is 11.1 Å². The lowest BCUT2D eigenvalue weighted by atomic mass is 10.1. The van der Waals surface area contributed by atoms with Gasteiger partial charge in [0.1, 0.15) is 0 Å². The Morgan fingerprint density at radius 1 is 1.14 bits per heavy atom. The Morgan fingerprint density at radius 3 is 2.57 bits per heavy atom. The van der Waals surface area contributed by atoms with Gasteiger partial charge < -0.3 is 11.1 Å². The molecule has 2 aromatic carbocycles. The molecule has 2 aromatic rings. The smallest absolute Gasteiger partial charge is 0.237 e. The summed E-state index contributed by atoms with van der Waals surface area (Å²) < 4.78 is 0. The summed E-state index contributed by atoms with van der Waals surface area (Å²) in [5, 5.41) is 2.78. The van der Waals surface area contributed by atoms with Gasteiger partial charge in [-0.05, 0) is 50.1 Å². The van der Waals surface area contributed by atoms with Crippen molar-refractivity contribution >= 4 is 29.0 Å². The summed E-state index contributed by atoms with van der Waals surface area (Å²) in [6.07, 6.45) is 0. The average Bonchev–Trinajstić information content (AvgIpc) is 2.46. The molecule has 3 N–H and O–H groups in total. The fraction of sp³-hybridized carbons (Fsp3) is 0.235. The first-order valence-electron chi connectivity index (χ1n) is 6.87. The quantitative estimate of drug-likeness (QED) is 0.662. The van der Waals surface area contributed by atoms with E-state index in [1.54, 1.807) is 0 Å². The number of benzene rings is 2. The van der Waals surface area contributed by atoms with E-state index in [0.29, 0.717) is 5.69 Å². The van der Waals surface area contributed by atoms with E-state index in [4.69, 9.17) is 5.73 Å². The van der Waals surface area contributed by atoms with Crippen LogP contribution < -0.4 is 11.1 Å². The van der Waals surface area contributed by atoms with E-state index in [2.05, 4.69) is 5.32 Å². The van der Waals surface area contributed by atoms with E-state index in [0.717, 1.165) is 16.1 Å². The zero-order valence-electron chi connectivity index (χ0n) is 12.5. The third kappa shape index (κ3) is 3.79. The van der Waals surface area contributed by atoms with Crippen molar-refractivity contribution in [3.05, 3.63) is 53.6 Å². The molecule has 0 aliphatic carbocycles. The number of hydrogen-bond donors (Lipinski definition) is 2. The second-order valence-electron chi connectivity index (χ2n) is 5.03. The number of anilines is 2. The summed E-state index contributed by atoms with van der Waals surface area (Å²) in [5.41, 5.74) is 9.75. The van der Waals surface area contributed by atoms with E-state index in [1.165, 1.54) is 17.3 Å². The Hall–Kier alpha value is -1.94. The molecule has 1 amide bonds. The second-order valence-corrected chi connectivity index (χ2v) is 6.42. The van der Waals surface area contributed by atoms with Crippen molar-refractivity contribution in [3.8, 4) is 0 Å². The van der Waals surface area contributed by atoms with E-state index in [9.17, 15) is 4.79 Å². The number of hydrogen-bond acceptors (Lipinski definition) is 3. The van der Waals surface area contributed by atoms with Gasteiger partial charge >= 0.3 is 0 Å². The maximum absolute atomic E-state index is 12.3. The van der Waals surface area contributed by atoms with Gasteiger partial charge in [0, 0.05) is 16.3 Å². The van der Waals surface area contributed by atoms with Crippen LogP contribution in [0.25, 0.3) is 0 Å². The summed E-state index contributed by atoms with van der Waals surface area (Å²) in [4.78, 5) is 13.3. The number of thioether (sulfide) groups is 1. The number of carbonyl (C=O) groups is 1. The van der Waals surface area contributed by atoms with Crippen molar-refractivity contribution in [2.45, 2.75) is 30.9 Å². The first-order chi connectivity index (χ1) is 9.99. The van der Waals surface area contributed by atoms with E-state index < -0.39 is 0 Å². The molecular weight excluding hydrogens is 280 g/mol. The predicted molar refractivity (Wildman–Crippen MR) is 90.7 cm³/mol. The van der Waals surface area contributed by atoms with Crippen LogP contribution in [0.1, 0.15) is 18.1 Å². The first kappa shape index (κ1) is 15.4. The van der Waals surface area contributed by atoms with Crippen molar-refractivity contribution in [1.82, 2.24) is 0 Å². The van der Waals surface area contributed by atoms with E-state index in [1.807, 2.05) is 63.2 Å². The van der Waals surface area contributed by atoms with Crippen LogP contribution in [0, 0.1) is 13.8 Å². The third-order valence-corrected chi connectivity index (χ3v) is 4.65. The number of rotatable bonds is 4. The SMILES string of the molecule is Cc1cccc(NC(=O)C(C)Sc2ccccc2N)c1C. The fourth-order valence-electron chi connectivity index (χ4n) is 1.95. The summed E-state index contributed by atoms with van der Waals surface area (Å²) in [5.74, 6) is -0.0167. The Balaban J connectivity index is 2.06. The number of nitrogens with one attached hydrogen (secondary N) is 1. The maximum atomic E-state index is 12.3. The van der Waals surface area contributed by atoms with Crippen molar-refractivity contribution in [3.63, 3.8) is 0 Å². The zero-order chi connectivity index (χ0) is 15.4. The largest absolute Gasteiger partial charge is 0.398 e. The van der Waals surface area contributed by atoms with Gasteiger partial charge in [-0.1, -0.05) is 24.3 Å². The van der Waals surface area contributed by atoms with Crippen LogP contribution in [-0.2, 0) is 4.79 Å². The topological polar surface area (TPSA) is 55.1 Å². The van der Waals surface area contributed by atoms with Gasteiger partial charge in [0.05, 0.1) is 5.25 Å². The van der Waals surface area contributed by atoms with E-state index >= 15 is 0 Å². The summed E-state index contributed by atoms with van der Waals surface area (Å²) in [6.45, 7) is 5.93. The van der Waals surface area contributed by atoms with Gasteiger partial charge in [-0.3, -0.25) is 4.79 Å². The zero-order valence-corrected chi connectivity index (χ0v) is 13.3. The third-order valence-electron chi connectivity index (χ3n) is 3.45. The van der Waals surface area contributed by atoms with Crippen LogP contribution in [-0.4, -0.2) is 11.2 Å². The van der Waals surface area contributed by atoms with Crippen LogP contribution >= 0.6 is 11.8 Å². The molecule has 3 nitrogen and oxygen atoms in total.